The Hall–Kier alpha value is -2.86. The summed E-state index contributed by atoms with van der Waals surface area (Å²) in [5.41, 5.74) is 3.79. The van der Waals surface area contributed by atoms with E-state index in [-0.39, 0.29) is 11.9 Å². The van der Waals surface area contributed by atoms with Gasteiger partial charge in [-0.15, -0.1) is 0 Å². The van der Waals surface area contributed by atoms with Gasteiger partial charge in [-0.2, -0.15) is 4.98 Å². The van der Waals surface area contributed by atoms with Gasteiger partial charge in [-0.05, 0) is 56.0 Å². The third-order valence-corrected chi connectivity index (χ3v) is 5.65. The van der Waals surface area contributed by atoms with Crippen molar-refractivity contribution in [2.75, 3.05) is 18.4 Å². The normalized spacial score (nSPS) is 14.8. The van der Waals surface area contributed by atoms with Crippen molar-refractivity contribution >= 4 is 23.3 Å². The van der Waals surface area contributed by atoms with Crippen LogP contribution in [-0.2, 0) is 0 Å². The van der Waals surface area contributed by atoms with E-state index in [2.05, 4.69) is 15.5 Å². The van der Waals surface area contributed by atoms with Gasteiger partial charge < -0.3 is 14.7 Å². The molecule has 7 heteroatoms. The minimum Gasteiger partial charge on any atom is -0.339 e. The number of hydrogen-bond acceptors (Lipinski definition) is 4. The summed E-state index contributed by atoms with van der Waals surface area (Å²) in [6, 6.07) is 13.4. The van der Waals surface area contributed by atoms with E-state index in [0.29, 0.717) is 29.8 Å². The summed E-state index contributed by atoms with van der Waals surface area (Å²) in [5.74, 6) is 1.25. The van der Waals surface area contributed by atoms with E-state index in [1.165, 1.54) is 0 Å². The van der Waals surface area contributed by atoms with Gasteiger partial charge in [0.25, 0.3) is 0 Å². The molecule has 1 aromatic heterocycles. The van der Waals surface area contributed by atoms with Crippen LogP contribution >= 0.6 is 11.6 Å². The molecule has 2 amide bonds. The number of amides is 2. The number of hydrogen-bond donors (Lipinski definition) is 1. The lowest BCUT2D eigenvalue weighted by Crippen LogP contribution is -2.40. The Balaban J connectivity index is 1.38. The van der Waals surface area contributed by atoms with Crippen LogP contribution in [0.3, 0.4) is 0 Å². The molecular formula is C22H23ClN4O2. The van der Waals surface area contributed by atoms with Crippen molar-refractivity contribution in [2.24, 2.45) is 0 Å². The standard InChI is InChI=1S/C22H23ClN4O2/c1-14-7-8-15(2)19(13-14)24-22(28)27-11-9-16(10-12-27)21-25-20(26-29-21)17-5-3-4-6-18(17)23/h3-8,13,16H,9-12H2,1-2H3,(H,24,28). The molecule has 1 aliphatic heterocycles. The predicted molar refractivity (Wildman–Crippen MR) is 113 cm³/mol. The van der Waals surface area contributed by atoms with Crippen LogP contribution in [0, 0.1) is 13.8 Å². The summed E-state index contributed by atoms with van der Waals surface area (Å²) in [6.07, 6.45) is 1.56. The number of aromatic nitrogens is 2. The van der Waals surface area contributed by atoms with Crippen molar-refractivity contribution < 1.29 is 9.32 Å². The third kappa shape index (κ3) is 4.27. The summed E-state index contributed by atoms with van der Waals surface area (Å²) in [7, 11) is 0. The van der Waals surface area contributed by atoms with Crippen LogP contribution in [0.2, 0.25) is 5.02 Å². The molecule has 4 rings (SSSR count). The summed E-state index contributed by atoms with van der Waals surface area (Å²) >= 11 is 6.22. The molecule has 150 valence electrons. The van der Waals surface area contributed by atoms with Crippen molar-refractivity contribution in [1.29, 1.82) is 0 Å². The van der Waals surface area contributed by atoms with Crippen LogP contribution in [-0.4, -0.2) is 34.2 Å². The van der Waals surface area contributed by atoms with E-state index in [0.717, 1.165) is 35.2 Å². The van der Waals surface area contributed by atoms with Crippen LogP contribution in [0.5, 0.6) is 0 Å². The SMILES string of the molecule is Cc1ccc(C)c(NC(=O)N2CCC(c3nc(-c4ccccc4Cl)no3)CC2)c1. The second-order valence-electron chi connectivity index (χ2n) is 7.45. The molecule has 2 heterocycles. The number of nitrogens with zero attached hydrogens (tertiary/aromatic N) is 3. The summed E-state index contributed by atoms with van der Waals surface area (Å²) < 4.78 is 5.49. The first kappa shape index (κ1) is 19.5. The Morgan fingerprint density at radius 2 is 1.93 bits per heavy atom. The van der Waals surface area contributed by atoms with Crippen molar-refractivity contribution in [3.05, 3.63) is 64.5 Å². The van der Waals surface area contributed by atoms with Crippen molar-refractivity contribution in [3.63, 3.8) is 0 Å². The molecule has 1 aliphatic rings. The lowest BCUT2D eigenvalue weighted by molar-refractivity contribution is 0.187. The minimum atomic E-state index is -0.0700. The molecule has 2 aromatic carbocycles. The number of rotatable bonds is 3. The molecular weight excluding hydrogens is 388 g/mol. The fourth-order valence-corrected chi connectivity index (χ4v) is 3.77. The fraction of sp³-hybridized carbons (Fsp3) is 0.318. The molecule has 6 nitrogen and oxygen atoms in total. The van der Waals surface area contributed by atoms with Gasteiger partial charge in [0, 0.05) is 30.3 Å². The lowest BCUT2D eigenvalue weighted by atomic mass is 9.97. The predicted octanol–water partition coefficient (Wildman–Crippen LogP) is 5.42. The number of piperidine rings is 1. The first-order chi connectivity index (χ1) is 14.0. The number of carbonyl (C=O) groups excluding carboxylic acids is 1. The highest BCUT2D eigenvalue weighted by Gasteiger charge is 2.28. The number of likely N-dealkylation sites (tertiary alicyclic amines) is 1. The van der Waals surface area contributed by atoms with Crippen LogP contribution in [0.25, 0.3) is 11.4 Å². The van der Waals surface area contributed by atoms with Gasteiger partial charge in [-0.1, -0.05) is 41.0 Å². The highest BCUT2D eigenvalue weighted by molar-refractivity contribution is 6.33. The number of urea groups is 1. The Labute approximate surface area is 174 Å². The molecule has 0 spiro atoms. The van der Waals surface area contributed by atoms with Gasteiger partial charge in [0.05, 0.1) is 5.02 Å². The molecule has 0 aliphatic carbocycles. The van der Waals surface area contributed by atoms with E-state index in [1.54, 1.807) is 6.07 Å². The second-order valence-corrected chi connectivity index (χ2v) is 7.85. The Bertz CT molecular complexity index is 1030. The van der Waals surface area contributed by atoms with Crippen LogP contribution in [0.15, 0.2) is 47.0 Å². The number of carbonyl (C=O) groups is 1. The molecule has 3 aromatic rings. The highest BCUT2D eigenvalue weighted by Crippen LogP contribution is 2.31. The van der Waals surface area contributed by atoms with E-state index < -0.39 is 0 Å². The van der Waals surface area contributed by atoms with Gasteiger partial charge in [-0.3, -0.25) is 0 Å². The first-order valence-electron chi connectivity index (χ1n) is 9.73. The number of nitrogens with one attached hydrogen (secondary N) is 1. The number of halogens is 1. The molecule has 1 saturated heterocycles. The fourth-order valence-electron chi connectivity index (χ4n) is 3.55. The molecule has 0 bridgehead atoms. The van der Waals surface area contributed by atoms with Gasteiger partial charge in [0.1, 0.15) is 0 Å². The van der Waals surface area contributed by atoms with Crippen LogP contribution in [0.1, 0.15) is 35.8 Å². The lowest BCUT2D eigenvalue weighted by Gasteiger charge is -2.30. The van der Waals surface area contributed by atoms with Crippen molar-refractivity contribution in [1.82, 2.24) is 15.0 Å². The van der Waals surface area contributed by atoms with Crippen LogP contribution in [0.4, 0.5) is 10.5 Å². The molecule has 1 fully saturated rings. The second kappa shape index (κ2) is 8.25. The van der Waals surface area contributed by atoms with E-state index in [9.17, 15) is 4.79 Å². The van der Waals surface area contributed by atoms with Crippen LogP contribution < -0.4 is 5.32 Å². The quantitative estimate of drug-likeness (QED) is 0.625. The van der Waals surface area contributed by atoms with E-state index in [4.69, 9.17) is 16.1 Å². The molecule has 0 atom stereocenters. The molecule has 1 N–H and O–H groups in total. The molecule has 0 radical (unpaired) electrons. The third-order valence-electron chi connectivity index (χ3n) is 5.32. The smallest absolute Gasteiger partial charge is 0.321 e. The Morgan fingerprint density at radius 1 is 1.17 bits per heavy atom. The zero-order chi connectivity index (χ0) is 20.4. The average Bonchev–Trinajstić information content (AvgIpc) is 3.21. The maximum Gasteiger partial charge on any atom is 0.321 e. The average molecular weight is 411 g/mol. The summed E-state index contributed by atoms with van der Waals surface area (Å²) in [4.78, 5) is 19.0. The minimum absolute atomic E-state index is 0.0700. The summed E-state index contributed by atoms with van der Waals surface area (Å²) in [6.45, 7) is 5.30. The maximum atomic E-state index is 12.6. The van der Waals surface area contributed by atoms with Gasteiger partial charge in [-0.25, -0.2) is 4.79 Å². The molecule has 0 saturated carbocycles. The van der Waals surface area contributed by atoms with Gasteiger partial charge >= 0.3 is 6.03 Å². The van der Waals surface area contributed by atoms with Crippen molar-refractivity contribution in [2.45, 2.75) is 32.6 Å². The highest BCUT2D eigenvalue weighted by atomic mass is 35.5. The number of aryl methyl sites for hydroxylation is 2. The first-order valence-corrected chi connectivity index (χ1v) is 10.1. The van der Waals surface area contributed by atoms with E-state index >= 15 is 0 Å². The molecule has 0 unspecified atom stereocenters. The maximum absolute atomic E-state index is 12.6. The largest absolute Gasteiger partial charge is 0.339 e. The molecule has 29 heavy (non-hydrogen) atoms. The zero-order valence-electron chi connectivity index (χ0n) is 16.5. The van der Waals surface area contributed by atoms with Gasteiger partial charge in [0.15, 0.2) is 0 Å². The van der Waals surface area contributed by atoms with Gasteiger partial charge in [0.2, 0.25) is 11.7 Å². The Morgan fingerprint density at radius 3 is 2.69 bits per heavy atom. The van der Waals surface area contributed by atoms with Crippen molar-refractivity contribution in [3.8, 4) is 11.4 Å². The topological polar surface area (TPSA) is 71.3 Å². The number of benzene rings is 2. The van der Waals surface area contributed by atoms with E-state index in [1.807, 2.05) is 55.1 Å². The Kier molecular flexibility index (Phi) is 5.53. The zero-order valence-corrected chi connectivity index (χ0v) is 17.2. The summed E-state index contributed by atoms with van der Waals surface area (Å²) in [5, 5.41) is 7.71. The number of anilines is 1. The monoisotopic (exact) mass is 410 g/mol.